The van der Waals surface area contributed by atoms with Gasteiger partial charge >= 0.3 is 0 Å². The van der Waals surface area contributed by atoms with Gasteiger partial charge < -0.3 is 4.57 Å². The first-order valence-electron chi connectivity index (χ1n) is 8.94. The van der Waals surface area contributed by atoms with E-state index in [1.54, 1.807) is 12.1 Å². The minimum absolute atomic E-state index is 0.00837. The number of hydrogen-bond acceptors (Lipinski definition) is 3. The number of nitriles is 1. The molecule has 140 valence electrons. The Morgan fingerprint density at radius 2 is 1.64 bits per heavy atom. The minimum Gasteiger partial charge on any atom is -0.318 e. The van der Waals surface area contributed by atoms with Crippen LogP contribution in [0.4, 0.5) is 5.69 Å². The lowest BCUT2D eigenvalue weighted by molar-refractivity contribution is -0.384. The smallest absolute Gasteiger partial charge is 0.269 e. The van der Waals surface area contributed by atoms with Crippen molar-refractivity contribution in [2.24, 2.45) is 0 Å². The van der Waals surface area contributed by atoms with Gasteiger partial charge in [0, 0.05) is 29.2 Å². The molecule has 0 aliphatic rings. The van der Waals surface area contributed by atoms with Crippen molar-refractivity contribution in [3.63, 3.8) is 0 Å². The molecular formula is C23H21N3O2. The number of benzene rings is 2. The monoisotopic (exact) mass is 371 g/mol. The summed E-state index contributed by atoms with van der Waals surface area (Å²) < 4.78 is 2.18. The third kappa shape index (κ3) is 3.72. The van der Waals surface area contributed by atoms with Crippen LogP contribution in [0.1, 0.15) is 33.6 Å². The molecule has 0 bridgehead atoms. The fraction of sp³-hybridized carbons (Fsp3) is 0.174. The lowest BCUT2D eigenvalue weighted by Gasteiger charge is -2.12. The van der Waals surface area contributed by atoms with Crippen LogP contribution in [0.5, 0.6) is 0 Å². The van der Waals surface area contributed by atoms with Gasteiger partial charge in [0.25, 0.3) is 5.69 Å². The maximum Gasteiger partial charge on any atom is 0.269 e. The summed E-state index contributed by atoms with van der Waals surface area (Å²) in [7, 11) is 0. The predicted octanol–water partition coefficient (Wildman–Crippen LogP) is 5.68. The van der Waals surface area contributed by atoms with Crippen LogP contribution in [0, 0.1) is 49.1 Å². The molecule has 1 heterocycles. The molecule has 1 aromatic heterocycles. The van der Waals surface area contributed by atoms with E-state index in [4.69, 9.17) is 0 Å². The second-order valence-corrected chi connectivity index (χ2v) is 6.98. The molecule has 0 amide bonds. The number of aromatic nitrogens is 1. The van der Waals surface area contributed by atoms with Crippen LogP contribution in [0.3, 0.4) is 0 Å². The highest BCUT2D eigenvalue weighted by atomic mass is 16.6. The first kappa shape index (κ1) is 19.1. The van der Waals surface area contributed by atoms with Crippen molar-refractivity contribution in [1.82, 2.24) is 4.57 Å². The van der Waals surface area contributed by atoms with E-state index in [0.717, 1.165) is 22.6 Å². The van der Waals surface area contributed by atoms with E-state index in [-0.39, 0.29) is 5.69 Å². The van der Waals surface area contributed by atoms with Crippen LogP contribution in [0.15, 0.2) is 48.5 Å². The van der Waals surface area contributed by atoms with E-state index in [9.17, 15) is 15.4 Å². The summed E-state index contributed by atoms with van der Waals surface area (Å²) in [6, 6.07) is 16.7. The molecule has 0 saturated heterocycles. The number of nitro groups is 1. The fourth-order valence-electron chi connectivity index (χ4n) is 3.51. The Morgan fingerprint density at radius 1 is 1.04 bits per heavy atom. The van der Waals surface area contributed by atoms with Crippen molar-refractivity contribution in [1.29, 1.82) is 5.26 Å². The second kappa shape index (κ2) is 7.53. The zero-order chi connectivity index (χ0) is 20.4. The van der Waals surface area contributed by atoms with Gasteiger partial charge in [0.1, 0.15) is 0 Å². The molecule has 28 heavy (non-hydrogen) atoms. The maximum atomic E-state index is 10.8. The van der Waals surface area contributed by atoms with E-state index in [1.165, 1.54) is 23.3 Å². The van der Waals surface area contributed by atoms with Crippen LogP contribution < -0.4 is 0 Å². The zero-order valence-electron chi connectivity index (χ0n) is 16.4. The van der Waals surface area contributed by atoms with Gasteiger partial charge in [0.05, 0.1) is 16.6 Å². The van der Waals surface area contributed by atoms with Crippen LogP contribution in [0.25, 0.3) is 17.3 Å². The van der Waals surface area contributed by atoms with Crippen molar-refractivity contribution >= 4 is 17.3 Å². The first-order valence-corrected chi connectivity index (χ1v) is 8.94. The number of aryl methyl sites for hydroxylation is 3. The minimum atomic E-state index is -0.447. The van der Waals surface area contributed by atoms with Crippen molar-refractivity contribution in [3.8, 4) is 11.8 Å². The molecule has 0 atom stereocenters. The zero-order valence-corrected chi connectivity index (χ0v) is 16.4. The molecule has 0 spiro atoms. The number of allylic oxidation sites excluding steroid dienone is 1. The molecule has 2 aromatic carbocycles. The standard InChI is InChI=1S/C23H21N3O2/c1-15-9-16(2)11-23(10-15)25-17(3)12-20(18(25)4)13-21(14-24)19-5-7-22(8-6-19)26(27)28/h5-13H,1-4H3/b21-13-. The topological polar surface area (TPSA) is 71.9 Å². The summed E-state index contributed by atoms with van der Waals surface area (Å²) in [5, 5.41) is 20.5. The summed E-state index contributed by atoms with van der Waals surface area (Å²) in [5.41, 5.74) is 7.69. The molecule has 3 rings (SSSR count). The number of hydrogen-bond donors (Lipinski definition) is 0. The van der Waals surface area contributed by atoms with Gasteiger partial charge in [-0.25, -0.2) is 0 Å². The average molecular weight is 371 g/mol. The predicted molar refractivity (Wildman–Crippen MR) is 111 cm³/mol. The summed E-state index contributed by atoms with van der Waals surface area (Å²) in [4.78, 5) is 10.4. The Morgan fingerprint density at radius 3 is 2.18 bits per heavy atom. The average Bonchev–Trinajstić information content (AvgIpc) is 2.92. The molecule has 5 nitrogen and oxygen atoms in total. The van der Waals surface area contributed by atoms with Gasteiger partial charge in [-0.3, -0.25) is 10.1 Å². The highest BCUT2D eigenvalue weighted by molar-refractivity contribution is 5.90. The second-order valence-electron chi connectivity index (χ2n) is 6.98. The van der Waals surface area contributed by atoms with Crippen LogP contribution in [0.2, 0.25) is 0 Å². The molecular weight excluding hydrogens is 350 g/mol. The molecule has 0 aliphatic carbocycles. The fourth-order valence-corrected chi connectivity index (χ4v) is 3.51. The van der Waals surface area contributed by atoms with Crippen LogP contribution in [-0.4, -0.2) is 9.49 Å². The maximum absolute atomic E-state index is 10.8. The molecule has 0 fully saturated rings. The van der Waals surface area contributed by atoms with Gasteiger partial charge in [0.15, 0.2) is 0 Å². The number of nitro benzene ring substituents is 1. The van der Waals surface area contributed by atoms with E-state index >= 15 is 0 Å². The highest BCUT2D eigenvalue weighted by Crippen LogP contribution is 2.27. The third-order valence-corrected chi connectivity index (χ3v) is 4.74. The van der Waals surface area contributed by atoms with Gasteiger partial charge in [0.2, 0.25) is 0 Å². The Balaban J connectivity index is 2.06. The lowest BCUT2D eigenvalue weighted by Crippen LogP contribution is -2.00. The summed E-state index contributed by atoms with van der Waals surface area (Å²) in [6.45, 7) is 8.23. The molecule has 5 heteroatoms. The van der Waals surface area contributed by atoms with Crippen LogP contribution >= 0.6 is 0 Å². The molecule has 0 unspecified atom stereocenters. The van der Waals surface area contributed by atoms with E-state index in [0.29, 0.717) is 11.1 Å². The molecule has 0 radical (unpaired) electrons. The van der Waals surface area contributed by atoms with E-state index in [1.807, 2.05) is 19.9 Å². The Hall–Kier alpha value is -3.65. The van der Waals surface area contributed by atoms with Crippen molar-refractivity contribution in [3.05, 3.63) is 92.3 Å². The summed E-state index contributed by atoms with van der Waals surface area (Å²) in [5.74, 6) is 0. The normalized spacial score (nSPS) is 11.3. The number of rotatable bonds is 4. The molecule has 0 saturated carbocycles. The van der Waals surface area contributed by atoms with Gasteiger partial charge in [-0.15, -0.1) is 0 Å². The number of non-ortho nitro benzene ring substituents is 1. The van der Waals surface area contributed by atoms with Crippen molar-refractivity contribution in [2.75, 3.05) is 0 Å². The van der Waals surface area contributed by atoms with Crippen molar-refractivity contribution < 1.29 is 4.92 Å². The quantitative estimate of drug-likeness (QED) is 0.336. The van der Waals surface area contributed by atoms with E-state index in [2.05, 4.69) is 48.7 Å². The van der Waals surface area contributed by atoms with Gasteiger partial charge in [-0.1, -0.05) is 6.07 Å². The number of nitrogens with zero attached hydrogens (tertiary/aromatic N) is 3. The molecule has 0 N–H and O–H groups in total. The van der Waals surface area contributed by atoms with Crippen LogP contribution in [-0.2, 0) is 0 Å². The first-order chi connectivity index (χ1) is 13.3. The molecule has 0 aliphatic heterocycles. The highest BCUT2D eigenvalue weighted by Gasteiger charge is 2.12. The summed E-state index contributed by atoms with van der Waals surface area (Å²) in [6.07, 6.45) is 1.84. The summed E-state index contributed by atoms with van der Waals surface area (Å²) >= 11 is 0. The third-order valence-electron chi connectivity index (χ3n) is 4.74. The SMILES string of the molecule is Cc1cc(C)cc(-n2c(C)cc(/C=C(/C#N)c3ccc([N+](=O)[O-])cc3)c2C)c1. The van der Waals surface area contributed by atoms with Gasteiger partial charge in [-0.2, -0.15) is 5.26 Å². The van der Waals surface area contributed by atoms with Crippen molar-refractivity contribution in [2.45, 2.75) is 27.7 Å². The Labute approximate surface area is 164 Å². The van der Waals surface area contributed by atoms with E-state index < -0.39 is 4.92 Å². The Kier molecular flexibility index (Phi) is 5.14. The molecule has 3 aromatic rings. The Bertz CT molecular complexity index is 1110. The van der Waals surface area contributed by atoms with Gasteiger partial charge in [-0.05, 0) is 86.4 Å². The lowest BCUT2D eigenvalue weighted by atomic mass is 10.0. The largest absolute Gasteiger partial charge is 0.318 e.